The molecule has 0 radical (unpaired) electrons. The number of halogens is 7. The Labute approximate surface area is 197 Å². The molecule has 4 aromatic carbocycles. The third kappa shape index (κ3) is 4.99. The van der Waals surface area contributed by atoms with Gasteiger partial charge in [-0.3, -0.25) is 0 Å². The van der Waals surface area contributed by atoms with E-state index in [-0.39, 0.29) is 10.8 Å². The Kier molecular flexibility index (Phi) is 6.40. The minimum atomic E-state index is -4.92. The molecule has 4 rings (SSSR count). The van der Waals surface area contributed by atoms with E-state index >= 15 is 0 Å². The van der Waals surface area contributed by atoms with Crippen molar-refractivity contribution in [1.82, 2.24) is 0 Å². The van der Waals surface area contributed by atoms with Crippen molar-refractivity contribution in [2.24, 2.45) is 0 Å². The molecule has 11 heteroatoms. The van der Waals surface area contributed by atoms with Crippen LogP contribution in [0.3, 0.4) is 0 Å². The molecule has 0 bridgehead atoms. The number of rotatable bonds is 4. The summed E-state index contributed by atoms with van der Waals surface area (Å²) in [6.45, 7) is 0. The van der Waals surface area contributed by atoms with Crippen molar-refractivity contribution in [2.45, 2.75) is 6.18 Å². The van der Waals surface area contributed by atoms with Crippen LogP contribution in [-0.4, -0.2) is 11.9 Å². The van der Waals surface area contributed by atoms with Gasteiger partial charge in [0.15, 0.2) is 23.3 Å². The number of fused-ring (bicyclic) bond motifs is 1. The van der Waals surface area contributed by atoms with Crippen molar-refractivity contribution in [3.05, 3.63) is 107 Å². The molecule has 0 atom stereocenters. The minimum Gasteiger partial charge on any atom is -0.422 e. The van der Waals surface area contributed by atoms with Crippen LogP contribution in [0.25, 0.3) is 10.8 Å². The number of alkyl halides is 3. The number of carbonyl (C=O) groups is 2. The average Bonchev–Trinajstić information content (AvgIpc) is 2.82. The minimum absolute atomic E-state index is 0.102. The van der Waals surface area contributed by atoms with Gasteiger partial charge < -0.3 is 9.47 Å². The molecule has 0 aliphatic heterocycles. The van der Waals surface area contributed by atoms with Gasteiger partial charge in [-0.1, -0.05) is 12.1 Å². The third-order valence-corrected chi connectivity index (χ3v) is 4.96. The first-order valence-electron chi connectivity index (χ1n) is 9.92. The molecular weight excluding hydrogens is 497 g/mol. The molecule has 0 fully saturated rings. The molecule has 0 N–H and O–H groups in total. The first-order valence-corrected chi connectivity index (χ1v) is 9.92. The van der Waals surface area contributed by atoms with E-state index in [0.717, 1.165) is 18.2 Å². The summed E-state index contributed by atoms with van der Waals surface area (Å²) in [5.41, 5.74) is -2.16. The summed E-state index contributed by atoms with van der Waals surface area (Å²) in [4.78, 5) is 24.9. The maximum Gasteiger partial charge on any atom is 0.416 e. The van der Waals surface area contributed by atoms with Crippen LogP contribution in [-0.2, 0) is 6.18 Å². The molecule has 0 aliphatic carbocycles. The second kappa shape index (κ2) is 9.33. The lowest BCUT2D eigenvalue weighted by Gasteiger charge is -2.15. The quantitative estimate of drug-likeness (QED) is 0.172. The zero-order valence-corrected chi connectivity index (χ0v) is 17.6. The van der Waals surface area contributed by atoms with Gasteiger partial charge in [0.2, 0.25) is 0 Å². The van der Waals surface area contributed by atoms with Gasteiger partial charge in [-0.15, -0.1) is 0 Å². The second-order valence-corrected chi connectivity index (χ2v) is 7.36. The number of benzene rings is 4. The molecule has 0 aliphatic rings. The number of hydrogen-bond donors (Lipinski definition) is 0. The number of carbonyl (C=O) groups excluding carboxylic acids is 2. The molecule has 4 nitrogen and oxygen atoms in total. The predicted octanol–water partition coefficient (Wildman–Crippen LogP) is 6.85. The van der Waals surface area contributed by atoms with E-state index in [2.05, 4.69) is 0 Å². The molecule has 0 saturated carbocycles. The summed E-state index contributed by atoms with van der Waals surface area (Å²) in [5.74, 6) is -8.67. The van der Waals surface area contributed by atoms with Crippen LogP contribution >= 0.6 is 0 Å². The second-order valence-electron chi connectivity index (χ2n) is 7.36. The highest BCUT2D eigenvalue weighted by atomic mass is 19.4. The first-order chi connectivity index (χ1) is 16.9. The van der Waals surface area contributed by atoms with Crippen molar-refractivity contribution >= 4 is 22.7 Å². The molecule has 0 unspecified atom stereocenters. The predicted molar refractivity (Wildman–Crippen MR) is 112 cm³/mol. The van der Waals surface area contributed by atoms with E-state index in [4.69, 9.17) is 9.47 Å². The van der Waals surface area contributed by atoms with Crippen LogP contribution < -0.4 is 9.47 Å². The van der Waals surface area contributed by atoms with Gasteiger partial charge >= 0.3 is 18.1 Å². The molecule has 0 spiro atoms. The summed E-state index contributed by atoms with van der Waals surface area (Å²) < 4.78 is 104. The van der Waals surface area contributed by atoms with Gasteiger partial charge in [0.25, 0.3) is 0 Å². The summed E-state index contributed by atoms with van der Waals surface area (Å²) in [5, 5.41) is -0.411. The Morgan fingerprint density at radius 2 is 1.11 bits per heavy atom. The van der Waals surface area contributed by atoms with Crippen LogP contribution in [0, 0.1) is 23.3 Å². The van der Waals surface area contributed by atoms with Crippen LogP contribution in [0.2, 0.25) is 0 Å². The van der Waals surface area contributed by atoms with Gasteiger partial charge in [0.05, 0.1) is 16.7 Å². The lowest BCUT2D eigenvalue weighted by Crippen LogP contribution is -2.12. The normalized spacial score (nSPS) is 11.4. The fourth-order valence-electron chi connectivity index (χ4n) is 3.22. The topological polar surface area (TPSA) is 52.6 Å². The number of ether oxygens (including phenoxy) is 2. The Hall–Kier alpha value is -4.41. The van der Waals surface area contributed by atoms with Gasteiger partial charge in [-0.25, -0.2) is 27.2 Å². The number of hydrogen-bond acceptors (Lipinski definition) is 4. The Morgan fingerprint density at radius 3 is 1.61 bits per heavy atom. The highest BCUT2D eigenvalue weighted by Gasteiger charge is 2.33. The van der Waals surface area contributed by atoms with Crippen molar-refractivity contribution < 1.29 is 49.8 Å². The Morgan fingerprint density at radius 1 is 0.583 bits per heavy atom. The fourth-order valence-corrected chi connectivity index (χ4v) is 3.22. The average molecular weight is 508 g/mol. The fraction of sp³-hybridized carbons (Fsp3) is 0.0400. The summed E-state index contributed by atoms with van der Waals surface area (Å²) in [6, 6.07) is 9.02. The van der Waals surface area contributed by atoms with Gasteiger partial charge in [-0.2, -0.15) is 13.2 Å². The molecule has 184 valence electrons. The highest BCUT2D eigenvalue weighted by Crippen LogP contribution is 2.40. The smallest absolute Gasteiger partial charge is 0.416 e. The largest absolute Gasteiger partial charge is 0.422 e. The molecule has 4 aromatic rings. The monoisotopic (exact) mass is 508 g/mol. The third-order valence-electron chi connectivity index (χ3n) is 4.96. The zero-order valence-electron chi connectivity index (χ0n) is 17.6. The standard InChI is InChI=1S/C25H11F7O4/c26-17-6-4-12(8-19(17)28)23(33)35-21-3-1-2-15-16(21)10-14(25(30,31)32)11-22(15)36-24(34)13-5-7-18(27)20(29)9-13/h1-11H. The van der Waals surface area contributed by atoms with Crippen molar-refractivity contribution in [3.63, 3.8) is 0 Å². The van der Waals surface area contributed by atoms with E-state index in [1.165, 1.54) is 12.1 Å². The van der Waals surface area contributed by atoms with Crippen LogP contribution in [0.1, 0.15) is 26.3 Å². The summed E-state index contributed by atoms with van der Waals surface area (Å²) in [6.07, 6.45) is -4.92. The maximum atomic E-state index is 13.6. The van der Waals surface area contributed by atoms with E-state index in [1.807, 2.05) is 0 Å². The zero-order chi connectivity index (χ0) is 26.2. The molecule has 0 amide bonds. The van der Waals surface area contributed by atoms with Crippen molar-refractivity contribution in [2.75, 3.05) is 0 Å². The summed E-state index contributed by atoms with van der Waals surface area (Å²) in [7, 11) is 0. The Balaban J connectivity index is 1.77. The molecule has 0 heterocycles. The lowest BCUT2D eigenvalue weighted by molar-refractivity contribution is -0.137. The van der Waals surface area contributed by atoms with Crippen LogP contribution in [0.4, 0.5) is 30.7 Å². The van der Waals surface area contributed by atoms with Gasteiger partial charge in [-0.05, 0) is 54.6 Å². The van der Waals surface area contributed by atoms with Crippen LogP contribution in [0.5, 0.6) is 11.5 Å². The highest BCUT2D eigenvalue weighted by molar-refractivity contribution is 6.00. The SMILES string of the molecule is O=C(Oc1cc(C(F)(F)F)cc2c(OC(=O)c3ccc(F)c(F)c3)cccc12)c1ccc(F)c(F)c1. The van der Waals surface area contributed by atoms with E-state index in [0.29, 0.717) is 36.4 Å². The van der Waals surface area contributed by atoms with Gasteiger partial charge in [0.1, 0.15) is 11.5 Å². The van der Waals surface area contributed by atoms with E-state index in [9.17, 15) is 40.3 Å². The first kappa shape index (κ1) is 24.7. The molecular formula is C25H11F7O4. The lowest BCUT2D eigenvalue weighted by atomic mass is 10.0. The van der Waals surface area contributed by atoms with E-state index in [1.54, 1.807) is 0 Å². The van der Waals surface area contributed by atoms with E-state index < -0.39 is 69.6 Å². The maximum absolute atomic E-state index is 13.6. The van der Waals surface area contributed by atoms with Gasteiger partial charge in [0, 0.05) is 10.8 Å². The summed E-state index contributed by atoms with van der Waals surface area (Å²) >= 11 is 0. The Bertz CT molecular complexity index is 1510. The van der Waals surface area contributed by atoms with Crippen LogP contribution in [0.15, 0.2) is 66.7 Å². The molecule has 0 aromatic heterocycles. The van der Waals surface area contributed by atoms with Crippen molar-refractivity contribution in [1.29, 1.82) is 0 Å². The number of esters is 2. The molecule has 0 saturated heterocycles. The van der Waals surface area contributed by atoms with Crippen molar-refractivity contribution in [3.8, 4) is 11.5 Å². The molecule has 36 heavy (non-hydrogen) atoms.